The Morgan fingerprint density at radius 2 is 1.93 bits per heavy atom. The summed E-state index contributed by atoms with van der Waals surface area (Å²) in [6.45, 7) is 2.19. The number of hydrogen-bond acceptors (Lipinski definition) is 3. The molecule has 2 rings (SSSR count). The zero-order valence-corrected chi connectivity index (χ0v) is 16.8. The van der Waals surface area contributed by atoms with Gasteiger partial charge in [-0.05, 0) is 49.5 Å². The fourth-order valence-corrected chi connectivity index (χ4v) is 3.90. The number of aliphatic hydroxyl groups excluding tert-OH is 2. The first-order chi connectivity index (χ1) is 13.5. The van der Waals surface area contributed by atoms with Crippen LogP contribution in [0.4, 0.5) is 0 Å². The van der Waals surface area contributed by atoms with E-state index in [-0.39, 0.29) is 18.3 Å². The summed E-state index contributed by atoms with van der Waals surface area (Å²) >= 11 is 0. The molecule has 0 aromatic heterocycles. The van der Waals surface area contributed by atoms with Crippen LogP contribution in [0, 0.1) is 17.8 Å². The highest BCUT2D eigenvalue weighted by molar-refractivity contribution is 5.66. The summed E-state index contributed by atoms with van der Waals surface area (Å²) in [6.07, 6.45) is 12.1. The van der Waals surface area contributed by atoms with Gasteiger partial charge >= 0.3 is 5.97 Å². The largest absolute Gasteiger partial charge is 0.481 e. The molecule has 1 aromatic carbocycles. The molecule has 3 N–H and O–H groups in total. The van der Waals surface area contributed by atoms with Crippen molar-refractivity contribution in [3.8, 4) is 0 Å². The Morgan fingerprint density at radius 3 is 2.64 bits per heavy atom. The zero-order valence-electron chi connectivity index (χ0n) is 16.8. The molecule has 4 nitrogen and oxygen atoms in total. The molecule has 4 heteroatoms. The molecule has 154 valence electrons. The number of aryl methyl sites for hydroxylation is 1. The molecule has 1 aliphatic rings. The van der Waals surface area contributed by atoms with Gasteiger partial charge in [0.2, 0.25) is 0 Å². The SMILES string of the molecule is C[C@H](/C=C/[C@@H]1[C@@H](C/C=C\CCCC(=O)O)[C@@H](O)C[C@H]1O)CCc1ccccc1. The third kappa shape index (κ3) is 7.61. The van der Waals surface area contributed by atoms with E-state index in [1.807, 2.05) is 18.2 Å². The second kappa shape index (κ2) is 11.8. The standard InChI is InChI=1S/C24H34O4/c1-18(13-15-19-9-5-4-6-10-19)14-16-21-20(22(25)17-23(21)26)11-7-2-3-8-12-24(27)28/h2,4-7,9-10,14,16,18,20-23,25-26H,3,8,11-13,15,17H2,1H3,(H,27,28)/b7-2-,16-14+/t18-,20+,21+,22-,23+/m0/s1. The van der Waals surface area contributed by atoms with E-state index >= 15 is 0 Å². The maximum Gasteiger partial charge on any atom is 0.303 e. The topological polar surface area (TPSA) is 77.8 Å². The van der Waals surface area contributed by atoms with E-state index in [1.54, 1.807) is 0 Å². The van der Waals surface area contributed by atoms with Gasteiger partial charge in [0, 0.05) is 18.8 Å². The first kappa shape index (κ1) is 22.4. The third-order valence-corrected chi connectivity index (χ3v) is 5.65. The van der Waals surface area contributed by atoms with Crippen LogP contribution in [0.1, 0.15) is 51.0 Å². The highest BCUT2D eigenvalue weighted by Gasteiger charge is 2.39. The molecule has 0 radical (unpaired) electrons. The van der Waals surface area contributed by atoms with Crippen LogP contribution in [0.3, 0.4) is 0 Å². The van der Waals surface area contributed by atoms with Crippen LogP contribution >= 0.6 is 0 Å². The fourth-order valence-electron chi connectivity index (χ4n) is 3.90. The van der Waals surface area contributed by atoms with Crippen LogP contribution in [0.5, 0.6) is 0 Å². The Morgan fingerprint density at radius 1 is 1.18 bits per heavy atom. The molecule has 5 atom stereocenters. The molecule has 0 heterocycles. The molecule has 0 amide bonds. The maximum absolute atomic E-state index is 10.5. The fraction of sp³-hybridized carbons (Fsp3) is 0.542. The van der Waals surface area contributed by atoms with E-state index in [4.69, 9.17) is 5.11 Å². The van der Waals surface area contributed by atoms with Crippen LogP contribution in [0.15, 0.2) is 54.6 Å². The molecular weight excluding hydrogens is 352 g/mol. The number of aliphatic hydroxyl groups is 2. The van der Waals surface area contributed by atoms with E-state index in [0.717, 1.165) is 19.3 Å². The average Bonchev–Trinajstić information content (AvgIpc) is 2.94. The molecule has 1 aliphatic carbocycles. The number of benzene rings is 1. The smallest absolute Gasteiger partial charge is 0.303 e. The number of rotatable bonds is 11. The number of allylic oxidation sites excluding steroid dienone is 3. The van der Waals surface area contributed by atoms with Crippen molar-refractivity contribution in [1.82, 2.24) is 0 Å². The van der Waals surface area contributed by atoms with E-state index in [2.05, 4.69) is 43.3 Å². The number of carboxylic acids is 1. The monoisotopic (exact) mass is 386 g/mol. The van der Waals surface area contributed by atoms with E-state index in [0.29, 0.717) is 25.2 Å². The van der Waals surface area contributed by atoms with Crippen LogP contribution in [-0.2, 0) is 11.2 Å². The Hall–Kier alpha value is -1.91. The van der Waals surface area contributed by atoms with Crippen molar-refractivity contribution in [2.45, 2.75) is 64.1 Å². The van der Waals surface area contributed by atoms with Crippen molar-refractivity contribution in [2.24, 2.45) is 17.8 Å². The van der Waals surface area contributed by atoms with Gasteiger partial charge in [-0.15, -0.1) is 0 Å². The minimum Gasteiger partial charge on any atom is -0.481 e. The molecule has 1 fully saturated rings. The minimum absolute atomic E-state index is 0.0169. The molecular formula is C24H34O4. The van der Waals surface area contributed by atoms with Crippen molar-refractivity contribution >= 4 is 5.97 Å². The average molecular weight is 387 g/mol. The van der Waals surface area contributed by atoms with Crippen molar-refractivity contribution in [3.63, 3.8) is 0 Å². The van der Waals surface area contributed by atoms with Gasteiger partial charge in [-0.25, -0.2) is 0 Å². The van der Waals surface area contributed by atoms with E-state index in [1.165, 1.54) is 5.56 Å². The summed E-state index contributed by atoms with van der Waals surface area (Å²) < 4.78 is 0. The van der Waals surface area contributed by atoms with Gasteiger partial charge in [0.1, 0.15) is 0 Å². The highest BCUT2D eigenvalue weighted by atomic mass is 16.4. The predicted molar refractivity (Wildman–Crippen MR) is 112 cm³/mol. The van der Waals surface area contributed by atoms with Gasteiger partial charge < -0.3 is 15.3 Å². The van der Waals surface area contributed by atoms with Crippen LogP contribution in [0.2, 0.25) is 0 Å². The van der Waals surface area contributed by atoms with Crippen molar-refractivity contribution in [1.29, 1.82) is 0 Å². The number of hydrogen-bond donors (Lipinski definition) is 3. The third-order valence-electron chi connectivity index (χ3n) is 5.65. The Balaban J connectivity index is 1.82. The van der Waals surface area contributed by atoms with Crippen molar-refractivity contribution < 1.29 is 20.1 Å². The normalized spacial score (nSPS) is 26.2. The number of carboxylic acid groups (broad SMARTS) is 1. The predicted octanol–water partition coefficient (Wildman–Crippen LogP) is 4.37. The van der Waals surface area contributed by atoms with Crippen LogP contribution in [0.25, 0.3) is 0 Å². The summed E-state index contributed by atoms with van der Waals surface area (Å²) in [5, 5.41) is 29.3. The summed E-state index contributed by atoms with van der Waals surface area (Å²) in [5.41, 5.74) is 1.34. The quantitative estimate of drug-likeness (QED) is 0.390. The van der Waals surface area contributed by atoms with E-state index < -0.39 is 18.2 Å². The second-order valence-corrected chi connectivity index (χ2v) is 7.99. The van der Waals surface area contributed by atoms with E-state index in [9.17, 15) is 15.0 Å². The molecule has 28 heavy (non-hydrogen) atoms. The Labute approximate surface area is 168 Å². The highest BCUT2D eigenvalue weighted by Crippen LogP contribution is 2.36. The molecule has 0 saturated heterocycles. The first-order valence-corrected chi connectivity index (χ1v) is 10.4. The van der Waals surface area contributed by atoms with Gasteiger partial charge in [0.25, 0.3) is 0 Å². The first-order valence-electron chi connectivity index (χ1n) is 10.4. The summed E-state index contributed by atoms with van der Waals surface area (Å²) in [4.78, 5) is 10.5. The molecule has 0 aliphatic heterocycles. The molecule has 0 spiro atoms. The minimum atomic E-state index is -0.769. The molecule has 1 aromatic rings. The molecule has 1 saturated carbocycles. The summed E-state index contributed by atoms with van der Waals surface area (Å²) in [6, 6.07) is 10.4. The molecule has 0 unspecified atom stereocenters. The van der Waals surface area contributed by atoms with Crippen molar-refractivity contribution in [3.05, 3.63) is 60.2 Å². The van der Waals surface area contributed by atoms with Gasteiger partial charge in [0.15, 0.2) is 0 Å². The lowest BCUT2D eigenvalue weighted by Crippen LogP contribution is -2.20. The van der Waals surface area contributed by atoms with Crippen molar-refractivity contribution in [2.75, 3.05) is 0 Å². The Kier molecular flexibility index (Phi) is 9.45. The lowest BCUT2D eigenvalue weighted by Gasteiger charge is -2.20. The number of unbranched alkanes of at least 4 members (excludes halogenated alkanes) is 1. The van der Waals surface area contributed by atoms with Crippen LogP contribution < -0.4 is 0 Å². The maximum atomic E-state index is 10.5. The number of aliphatic carboxylic acids is 1. The van der Waals surface area contributed by atoms with Gasteiger partial charge in [-0.1, -0.05) is 61.6 Å². The second-order valence-electron chi connectivity index (χ2n) is 7.99. The van der Waals surface area contributed by atoms with Gasteiger partial charge in [-0.2, -0.15) is 0 Å². The summed E-state index contributed by atoms with van der Waals surface area (Å²) in [7, 11) is 0. The van der Waals surface area contributed by atoms with Crippen LogP contribution in [-0.4, -0.2) is 33.5 Å². The van der Waals surface area contributed by atoms with Gasteiger partial charge in [-0.3, -0.25) is 4.79 Å². The lowest BCUT2D eigenvalue weighted by atomic mass is 9.88. The zero-order chi connectivity index (χ0) is 20.4. The lowest BCUT2D eigenvalue weighted by molar-refractivity contribution is -0.137. The number of carbonyl (C=O) groups is 1. The van der Waals surface area contributed by atoms with Gasteiger partial charge in [0.05, 0.1) is 12.2 Å². The Bertz CT molecular complexity index is 637. The summed E-state index contributed by atoms with van der Waals surface area (Å²) in [5.74, 6) is -0.368. The molecule has 0 bridgehead atoms.